The van der Waals surface area contributed by atoms with Crippen molar-refractivity contribution in [3.63, 3.8) is 0 Å². The number of nitrogen functional groups attached to an aromatic ring is 1. The Hall–Kier alpha value is -7.58. The summed E-state index contributed by atoms with van der Waals surface area (Å²) in [4.78, 5) is 75.6. The summed E-state index contributed by atoms with van der Waals surface area (Å²) in [7, 11) is 0. The zero-order chi connectivity index (χ0) is 45.6. The van der Waals surface area contributed by atoms with Gasteiger partial charge in [0.15, 0.2) is 11.3 Å². The summed E-state index contributed by atoms with van der Waals surface area (Å²) in [6.45, 7) is 3.52. The van der Waals surface area contributed by atoms with Crippen LogP contribution in [-0.2, 0) is 25.6 Å². The van der Waals surface area contributed by atoms with Gasteiger partial charge in [-0.2, -0.15) is 5.10 Å². The molecular formula is C46H48N12O8. The molecule has 66 heavy (non-hydrogen) atoms. The molecule has 5 amide bonds. The summed E-state index contributed by atoms with van der Waals surface area (Å²) >= 11 is 0. The minimum Gasteiger partial charge on any atom is -0.457 e. The lowest BCUT2D eigenvalue weighted by atomic mass is 10.0. The minimum atomic E-state index is -1.03. The molecule has 4 N–H and O–H groups in total. The van der Waals surface area contributed by atoms with Crippen LogP contribution >= 0.6 is 0 Å². The smallest absolute Gasteiger partial charge is 0.276 e. The number of carbonyl (C=O) groups excluding carboxylic acids is 5. The number of carbonyl (C=O) groups is 5. The Kier molecular flexibility index (Phi) is 13.0. The standard InChI is InChI=1S/C46H48N12O8/c47-41-39-40(29-13-15-32(16-14-29)66-31-9-2-1-3-10-31)53-58(42(39)50-28-49-41)30-8-7-20-55(26-30)45(62)35-27-56(54-52-35)21-4-5-22-64-24-25-65-23-19-48-34-12-6-11-33-38(34)46(63)57(44(33)61)36-17-18-37(59)51-43(36)60/h1-3,6,9-16,27-28,30,36,48H,4-5,7-8,17-26H2,(H2,47,49,50)(H,51,59,60). The lowest BCUT2D eigenvalue weighted by Crippen LogP contribution is -2.54. The van der Waals surface area contributed by atoms with E-state index >= 15 is 0 Å². The summed E-state index contributed by atoms with van der Waals surface area (Å²) in [5.74, 6) is -0.648. The molecule has 2 fully saturated rings. The maximum absolute atomic E-state index is 13.7. The first kappa shape index (κ1) is 43.7. The van der Waals surface area contributed by atoms with Crippen LogP contribution in [0.3, 0.4) is 0 Å². The van der Waals surface area contributed by atoms with Gasteiger partial charge in [-0.1, -0.05) is 29.5 Å². The molecule has 340 valence electrons. The average molecular weight is 897 g/mol. The highest BCUT2D eigenvalue weighted by molar-refractivity contribution is 6.25. The number of nitrogens with one attached hydrogen (secondary N) is 2. The number of para-hydroxylation sites is 1. The van der Waals surface area contributed by atoms with Gasteiger partial charge in [-0.3, -0.25) is 38.9 Å². The van der Waals surface area contributed by atoms with E-state index in [0.29, 0.717) is 86.6 Å². The third-order valence-corrected chi connectivity index (χ3v) is 11.7. The molecule has 0 aliphatic carbocycles. The zero-order valence-corrected chi connectivity index (χ0v) is 36.0. The Morgan fingerprint density at radius 2 is 1.67 bits per heavy atom. The van der Waals surface area contributed by atoms with E-state index in [1.54, 1.807) is 34.0 Å². The van der Waals surface area contributed by atoms with Crippen molar-refractivity contribution in [2.45, 2.75) is 57.2 Å². The maximum atomic E-state index is 13.7. The van der Waals surface area contributed by atoms with Crippen LogP contribution in [0, 0.1) is 0 Å². The molecule has 20 nitrogen and oxygen atoms in total. The van der Waals surface area contributed by atoms with E-state index in [-0.39, 0.29) is 41.6 Å². The van der Waals surface area contributed by atoms with Crippen LogP contribution in [0.15, 0.2) is 85.3 Å². The van der Waals surface area contributed by atoms with Crippen LogP contribution in [0.2, 0.25) is 0 Å². The van der Waals surface area contributed by atoms with Crippen LogP contribution in [0.1, 0.15) is 75.8 Å². The number of nitrogens with two attached hydrogens (primary N) is 1. The molecule has 0 radical (unpaired) electrons. The zero-order valence-electron chi connectivity index (χ0n) is 36.0. The number of anilines is 2. The van der Waals surface area contributed by atoms with Gasteiger partial charge in [0, 0.05) is 50.5 Å². The molecule has 0 spiro atoms. The molecule has 3 aliphatic rings. The van der Waals surface area contributed by atoms with Crippen molar-refractivity contribution < 1.29 is 38.2 Å². The van der Waals surface area contributed by atoms with E-state index in [1.165, 1.54) is 6.33 Å². The number of imide groups is 2. The van der Waals surface area contributed by atoms with Gasteiger partial charge in [-0.25, -0.2) is 14.6 Å². The average Bonchev–Trinajstić information content (AvgIpc) is 4.04. The van der Waals surface area contributed by atoms with Gasteiger partial charge in [-0.15, -0.1) is 5.10 Å². The van der Waals surface area contributed by atoms with Gasteiger partial charge in [0.25, 0.3) is 17.7 Å². The van der Waals surface area contributed by atoms with Gasteiger partial charge in [0.2, 0.25) is 11.8 Å². The second-order valence-corrected chi connectivity index (χ2v) is 16.1. The lowest BCUT2D eigenvalue weighted by molar-refractivity contribution is -0.136. The normalized spacial score (nSPS) is 17.3. The number of fused-ring (bicyclic) bond motifs is 2. The van der Waals surface area contributed by atoms with Crippen LogP contribution in [0.4, 0.5) is 11.5 Å². The lowest BCUT2D eigenvalue weighted by Gasteiger charge is -2.32. The predicted octanol–water partition coefficient (Wildman–Crippen LogP) is 4.26. The van der Waals surface area contributed by atoms with Gasteiger partial charge in [0.05, 0.1) is 48.6 Å². The van der Waals surface area contributed by atoms with Crippen molar-refractivity contribution in [1.29, 1.82) is 0 Å². The van der Waals surface area contributed by atoms with Gasteiger partial charge >= 0.3 is 0 Å². The number of piperidine rings is 2. The first-order chi connectivity index (χ1) is 32.2. The van der Waals surface area contributed by atoms with Gasteiger partial charge in [0.1, 0.15) is 35.4 Å². The fourth-order valence-electron chi connectivity index (χ4n) is 8.48. The summed E-state index contributed by atoms with van der Waals surface area (Å²) in [5, 5.41) is 19.4. The Labute approximate surface area is 378 Å². The van der Waals surface area contributed by atoms with Crippen LogP contribution in [0.5, 0.6) is 11.5 Å². The highest BCUT2D eigenvalue weighted by atomic mass is 16.5. The van der Waals surface area contributed by atoms with E-state index in [1.807, 2.05) is 59.3 Å². The molecule has 0 bridgehead atoms. The van der Waals surface area contributed by atoms with E-state index in [2.05, 4.69) is 30.9 Å². The first-order valence-electron chi connectivity index (χ1n) is 22.0. The molecule has 0 saturated carbocycles. The highest BCUT2D eigenvalue weighted by Crippen LogP contribution is 2.36. The number of aryl methyl sites for hydroxylation is 1. The number of aromatic nitrogens is 7. The van der Waals surface area contributed by atoms with E-state index < -0.39 is 29.7 Å². The topological polar surface area (TPSA) is 244 Å². The molecule has 6 heterocycles. The molecule has 20 heteroatoms. The van der Waals surface area contributed by atoms with E-state index in [0.717, 1.165) is 41.9 Å². The Morgan fingerprint density at radius 1 is 0.864 bits per heavy atom. The number of hydrogen-bond acceptors (Lipinski definition) is 15. The monoisotopic (exact) mass is 896 g/mol. The number of nitrogens with zero attached hydrogens (tertiary/aromatic N) is 9. The number of benzene rings is 3. The largest absolute Gasteiger partial charge is 0.457 e. The molecule has 3 aliphatic heterocycles. The number of likely N-dealkylation sites (tertiary alicyclic amines) is 1. The number of amides is 5. The fraction of sp³-hybridized carbons (Fsp3) is 0.348. The first-order valence-corrected chi connectivity index (χ1v) is 22.0. The molecule has 3 aromatic heterocycles. The number of hydrogen-bond donors (Lipinski definition) is 3. The number of rotatable bonds is 18. The third kappa shape index (κ3) is 9.31. The van der Waals surface area contributed by atoms with Gasteiger partial charge in [-0.05, 0) is 80.6 Å². The Bertz CT molecular complexity index is 2760. The molecule has 2 atom stereocenters. The molecule has 2 saturated heterocycles. The van der Waals surface area contributed by atoms with E-state index in [9.17, 15) is 24.0 Å². The highest BCUT2D eigenvalue weighted by Gasteiger charge is 2.45. The Morgan fingerprint density at radius 3 is 2.48 bits per heavy atom. The van der Waals surface area contributed by atoms with Crippen molar-refractivity contribution in [3.8, 4) is 22.8 Å². The maximum Gasteiger partial charge on any atom is 0.276 e. The van der Waals surface area contributed by atoms with Crippen molar-refractivity contribution in [2.75, 3.05) is 57.1 Å². The molecule has 3 aromatic carbocycles. The summed E-state index contributed by atoms with van der Waals surface area (Å²) in [6.07, 6.45) is 6.35. The van der Waals surface area contributed by atoms with Crippen LogP contribution in [-0.4, -0.2) is 126 Å². The molecule has 2 unspecified atom stereocenters. The molecule has 9 rings (SSSR count). The summed E-state index contributed by atoms with van der Waals surface area (Å²) in [6, 6.07) is 20.9. The number of ether oxygens (including phenoxy) is 3. The second-order valence-electron chi connectivity index (χ2n) is 16.1. The summed E-state index contributed by atoms with van der Waals surface area (Å²) < 4.78 is 21.0. The van der Waals surface area contributed by atoms with E-state index in [4.69, 9.17) is 25.0 Å². The second kappa shape index (κ2) is 19.7. The van der Waals surface area contributed by atoms with Crippen LogP contribution < -0.4 is 21.1 Å². The fourth-order valence-corrected chi connectivity index (χ4v) is 8.48. The van der Waals surface area contributed by atoms with Crippen molar-refractivity contribution in [3.05, 3.63) is 102 Å². The van der Waals surface area contributed by atoms with Crippen molar-refractivity contribution >= 4 is 52.1 Å². The van der Waals surface area contributed by atoms with Gasteiger partial charge < -0.3 is 30.2 Å². The van der Waals surface area contributed by atoms with Crippen LogP contribution in [0.25, 0.3) is 22.3 Å². The van der Waals surface area contributed by atoms with Crippen molar-refractivity contribution in [1.82, 2.24) is 49.9 Å². The predicted molar refractivity (Wildman–Crippen MR) is 238 cm³/mol. The quantitative estimate of drug-likeness (QED) is 0.0806. The molecule has 6 aromatic rings. The Balaban J connectivity index is 0.695. The number of unbranched alkanes of at least 4 members (excludes halogenated alkanes) is 1. The SMILES string of the molecule is Nc1ncnc2c1c(-c1ccc(Oc3ccccc3)cc1)nn2C1CCCN(C(=O)c2cn(CCCCOCCOCCNc3cccc4c3C(=O)N(C3CCC(=O)NC3=O)C4=O)nn2)C1. The minimum absolute atomic E-state index is 0.0546. The molecular weight excluding hydrogens is 849 g/mol. The van der Waals surface area contributed by atoms with Crippen molar-refractivity contribution in [2.24, 2.45) is 0 Å². The summed E-state index contributed by atoms with van der Waals surface area (Å²) in [5.41, 5.74) is 9.66. The third-order valence-electron chi connectivity index (χ3n) is 11.7.